The van der Waals surface area contributed by atoms with Crippen LogP contribution >= 0.6 is 0 Å². The van der Waals surface area contributed by atoms with Crippen molar-refractivity contribution < 1.29 is 9.32 Å². The van der Waals surface area contributed by atoms with Crippen LogP contribution in [0.3, 0.4) is 0 Å². The predicted molar refractivity (Wildman–Crippen MR) is 97.4 cm³/mol. The van der Waals surface area contributed by atoms with Gasteiger partial charge in [0.05, 0.1) is 18.2 Å². The Bertz CT molecular complexity index is 778. The number of anilines is 1. The molecule has 0 saturated carbocycles. The van der Waals surface area contributed by atoms with Crippen LogP contribution in [-0.4, -0.2) is 53.6 Å². The van der Waals surface area contributed by atoms with Gasteiger partial charge >= 0.3 is 0 Å². The van der Waals surface area contributed by atoms with Crippen molar-refractivity contribution in [3.8, 4) is 6.07 Å². The number of benzene rings is 1. The third-order valence-corrected chi connectivity index (χ3v) is 4.43. The molecule has 7 nitrogen and oxygen atoms in total. The lowest BCUT2D eigenvalue weighted by molar-refractivity contribution is -0.117. The Morgan fingerprint density at radius 2 is 1.96 bits per heavy atom. The molecule has 136 valence electrons. The average Bonchev–Trinajstić information content (AvgIpc) is 2.91. The molecule has 0 aliphatic carbocycles. The van der Waals surface area contributed by atoms with Crippen LogP contribution in [0.2, 0.25) is 0 Å². The summed E-state index contributed by atoms with van der Waals surface area (Å²) in [6, 6.07) is 11.6. The molecule has 1 aromatic carbocycles. The van der Waals surface area contributed by atoms with E-state index in [9.17, 15) is 4.79 Å². The highest BCUT2D eigenvalue weighted by Crippen LogP contribution is 2.11. The Morgan fingerprint density at radius 1 is 1.23 bits per heavy atom. The Hall–Kier alpha value is -2.69. The first-order chi connectivity index (χ1) is 12.6. The largest absolute Gasteiger partial charge is 0.360 e. The van der Waals surface area contributed by atoms with Gasteiger partial charge in [-0.25, -0.2) is 0 Å². The number of aromatic nitrogens is 1. The van der Waals surface area contributed by atoms with E-state index in [1.54, 1.807) is 13.0 Å². The molecule has 1 fully saturated rings. The van der Waals surface area contributed by atoms with E-state index in [1.165, 1.54) is 5.56 Å². The van der Waals surface area contributed by atoms with Crippen LogP contribution in [0.5, 0.6) is 0 Å². The molecule has 2 heterocycles. The summed E-state index contributed by atoms with van der Waals surface area (Å²) < 4.78 is 4.96. The van der Waals surface area contributed by atoms with Crippen LogP contribution in [0.15, 0.2) is 34.9 Å². The Kier molecular flexibility index (Phi) is 6.00. The van der Waals surface area contributed by atoms with Crippen LogP contribution in [0.1, 0.15) is 23.3 Å². The molecular weight excluding hydrogens is 330 g/mol. The highest BCUT2D eigenvalue weighted by atomic mass is 16.5. The second kappa shape index (κ2) is 8.61. The minimum atomic E-state index is -0.0705. The SMILES string of the molecule is Cc1cc(NC(=O)CN2CCCN(Cc3ccc(C#N)cc3)CC2)no1. The summed E-state index contributed by atoms with van der Waals surface area (Å²) in [6.07, 6.45) is 1.02. The van der Waals surface area contributed by atoms with Gasteiger partial charge in [-0.1, -0.05) is 17.3 Å². The van der Waals surface area contributed by atoms with Crippen LogP contribution in [0.25, 0.3) is 0 Å². The second-order valence-corrected chi connectivity index (χ2v) is 6.59. The van der Waals surface area contributed by atoms with Crippen molar-refractivity contribution in [2.24, 2.45) is 0 Å². The maximum atomic E-state index is 12.2. The molecule has 1 aliphatic heterocycles. The number of hydrogen-bond donors (Lipinski definition) is 1. The zero-order valence-corrected chi connectivity index (χ0v) is 14.9. The summed E-state index contributed by atoms with van der Waals surface area (Å²) in [5.74, 6) is 1.07. The van der Waals surface area contributed by atoms with Crippen LogP contribution < -0.4 is 5.32 Å². The molecule has 0 radical (unpaired) electrons. The smallest absolute Gasteiger partial charge is 0.239 e. The van der Waals surface area contributed by atoms with Crippen molar-refractivity contribution in [2.45, 2.75) is 19.9 Å². The molecule has 0 spiro atoms. The molecule has 7 heteroatoms. The van der Waals surface area contributed by atoms with E-state index in [1.807, 2.05) is 24.3 Å². The Morgan fingerprint density at radius 3 is 2.65 bits per heavy atom. The molecule has 0 unspecified atom stereocenters. The topological polar surface area (TPSA) is 85.4 Å². The van der Waals surface area contributed by atoms with Crippen molar-refractivity contribution in [1.29, 1.82) is 5.26 Å². The third-order valence-electron chi connectivity index (χ3n) is 4.43. The van der Waals surface area contributed by atoms with E-state index in [0.29, 0.717) is 23.7 Å². The highest BCUT2D eigenvalue weighted by Gasteiger charge is 2.18. The van der Waals surface area contributed by atoms with E-state index in [0.717, 1.165) is 39.1 Å². The van der Waals surface area contributed by atoms with E-state index in [-0.39, 0.29) is 5.91 Å². The fourth-order valence-corrected chi connectivity index (χ4v) is 3.09. The first-order valence-electron chi connectivity index (χ1n) is 8.79. The molecule has 26 heavy (non-hydrogen) atoms. The predicted octanol–water partition coefficient (Wildman–Crippen LogP) is 2.00. The standard InChI is InChI=1S/C19H23N5O2/c1-15-11-18(22-26-15)21-19(25)14-24-8-2-7-23(9-10-24)13-17-5-3-16(12-20)4-6-17/h3-6,11H,2,7-10,13-14H2,1H3,(H,21,22,25). The molecular formula is C19H23N5O2. The number of hydrogen-bond acceptors (Lipinski definition) is 6. The molecule has 1 N–H and O–H groups in total. The lowest BCUT2D eigenvalue weighted by Gasteiger charge is -2.21. The van der Waals surface area contributed by atoms with Crippen LogP contribution in [-0.2, 0) is 11.3 Å². The zero-order chi connectivity index (χ0) is 18.4. The van der Waals surface area contributed by atoms with Gasteiger partial charge in [-0.3, -0.25) is 14.6 Å². The Labute approximate surface area is 153 Å². The van der Waals surface area contributed by atoms with Crippen molar-refractivity contribution in [1.82, 2.24) is 15.0 Å². The lowest BCUT2D eigenvalue weighted by Crippen LogP contribution is -2.36. The van der Waals surface area contributed by atoms with E-state index in [2.05, 4.69) is 26.3 Å². The van der Waals surface area contributed by atoms with Gasteiger partial charge in [-0.05, 0) is 44.1 Å². The highest BCUT2D eigenvalue weighted by molar-refractivity contribution is 5.91. The number of carbonyl (C=O) groups excluding carboxylic acids is 1. The zero-order valence-electron chi connectivity index (χ0n) is 14.9. The maximum absolute atomic E-state index is 12.2. The fraction of sp³-hybridized carbons (Fsp3) is 0.421. The van der Waals surface area contributed by atoms with Crippen molar-refractivity contribution in [3.63, 3.8) is 0 Å². The lowest BCUT2D eigenvalue weighted by atomic mass is 10.1. The van der Waals surface area contributed by atoms with Gasteiger partial charge in [0.25, 0.3) is 0 Å². The van der Waals surface area contributed by atoms with E-state index >= 15 is 0 Å². The molecule has 1 saturated heterocycles. The van der Waals surface area contributed by atoms with Gasteiger partial charge in [0, 0.05) is 25.7 Å². The minimum absolute atomic E-state index is 0.0705. The van der Waals surface area contributed by atoms with Crippen molar-refractivity contribution in [2.75, 3.05) is 38.0 Å². The number of nitriles is 1. The Balaban J connectivity index is 1.46. The van der Waals surface area contributed by atoms with E-state index in [4.69, 9.17) is 9.78 Å². The summed E-state index contributed by atoms with van der Waals surface area (Å²) in [5.41, 5.74) is 1.89. The molecule has 1 amide bonds. The summed E-state index contributed by atoms with van der Waals surface area (Å²) >= 11 is 0. The maximum Gasteiger partial charge on any atom is 0.239 e. The van der Waals surface area contributed by atoms with Gasteiger partial charge in [0.15, 0.2) is 5.82 Å². The number of amides is 1. The van der Waals surface area contributed by atoms with E-state index < -0.39 is 0 Å². The van der Waals surface area contributed by atoms with Crippen LogP contribution in [0.4, 0.5) is 5.82 Å². The van der Waals surface area contributed by atoms with Gasteiger partial charge in [0.2, 0.25) is 5.91 Å². The number of aryl methyl sites for hydroxylation is 1. The van der Waals surface area contributed by atoms with Gasteiger partial charge < -0.3 is 9.84 Å². The molecule has 0 atom stereocenters. The summed E-state index contributed by atoms with van der Waals surface area (Å²) in [5, 5.41) is 15.4. The number of nitrogens with one attached hydrogen (secondary N) is 1. The minimum Gasteiger partial charge on any atom is -0.360 e. The summed E-state index contributed by atoms with van der Waals surface area (Å²) in [7, 11) is 0. The van der Waals surface area contributed by atoms with Crippen LogP contribution in [0, 0.1) is 18.3 Å². The van der Waals surface area contributed by atoms with Crippen molar-refractivity contribution in [3.05, 3.63) is 47.2 Å². The molecule has 3 rings (SSSR count). The van der Waals surface area contributed by atoms with Gasteiger partial charge in [-0.15, -0.1) is 0 Å². The van der Waals surface area contributed by atoms with Crippen molar-refractivity contribution >= 4 is 11.7 Å². The normalized spacial score (nSPS) is 16.0. The quantitative estimate of drug-likeness (QED) is 0.885. The molecule has 1 aromatic heterocycles. The molecule has 2 aromatic rings. The number of nitrogens with zero attached hydrogens (tertiary/aromatic N) is 4. The number of rotatable bonds is 5. The first kappa shape index (κ1) is 18.1. The number of carbonyl (C=O) groups is 1. The summed E-state index contributed by atoms with van der Waals surface area (Å²) in [4.78, 5) is 16.7. The van der Waals surface area contributed by atoms with Gasteiger partial charge in [0.1, 0.15) is 5.76 Å². The molecule has 0 bridgehead atoms. The third kappa shape index (κ3) is 5.15. The fourth-order valence-electron chi connectivity index (χ4n) is 3.09. The first-order valence-corrected chi connectivity index (χ1v) is 8.79. The molecule has 1 aliphatic rings. The average molecular weight is 353 g/mol. The monoisotopic (exact) mass is 353 g/mol. The van der Waals surface area contributed by atoms with Gasteiger partial charge in [-0.2, -0.15) is 5.26 Å². The summed E-state index contributed by atoms with van der Waals surface area (Å²) in [6.45, 7) is 6.67. The second-order valence-electron chi connectivity index (χ2n) is 6.59.